The number of aliphatic carboxylic acids is 2. The summed E-state index contributed by atoms with van der Waals surface area (Å²) in [5, 5.41) is 18.6. The van der Waals surface area contributed by atoms with Crippen molar-refractivity contribution < 1.29 is 92.0 Å². The van der Waals surface area contributed by atoms with Crippen molar-refractivity contribution in [1.82, 2.24) is 0 Å². The zero-order valence-electron chi connectivity index (χ0n) is 10.7. The molecule has 0 amide bonds. The van der Waals surface area contributed by atoms with Crippen LogP contribution in [0.4, 0.5) is 52.7 Å². The van der Waals surface area contributed by atoms with Gasteiger partial charge < -0.3 is 19.8 Å². The van der Waals surface area contributed by atoms with Gasteiger partial charge in [-0.05, 0) is 0 Å². The zero-order chi connectivity index (χ0) is 20.3. The third-order valence-corrected chi connectivity index (χ3v) is 1.90. The number of halogens is 12. The van der Waals surface area contributed by atoms with E-state index in [1.807, 2.05) is 0 Å². The Morgan fingerprint density at radius 2 is 0.760 bits per heavy atom. The first-order valence-corrected chi connectivity index (χ1v) is 4.78. The molecule has 0 aromatic carbocycles. The van der Waals surface area contributed by atoms with Gasteiger partial charge >= 0.3 is 56.0 Å². The summed E-state index contributed by atoms with van der Waals surface area (Å²) < 4.78 is 138. The molecule has 0 heterocycles. The molecule has 0 N–H and O–H groups in total. The Kier molecular flexibility index (Phi) is 10.1. The molecule has 0 fully saturated rings. The van der Waals surface area contributed by atoms with Gasteiger partial charge in [0.1, 0.15) is 11.9 Å². The van der Waals surface area contributed by atoms with Crippen LogP contribution in [0.25, 0.3) is 0 Å². The largest absolute Gasteiger partial charge is 2.00 e. The van der Waals surface area contributed by atoms with Gasteiger partial charge in [-0.1, -0.05) is 0 Å². The fourth-order valence-electron chi connectivity index (χ4n) is 0.546. The molecule has 0 radical (unpaired) electrons. The Labute approximate surface area is 141 Å². The smallest absolute Gasteiger partial charge is 0.544 e. The molecule has 17 heteroatoms. The van der Waals surface area contributed by atoms with E-state index in [1.54, 1.807) is 0 Å². The quantitative estimate of drug-likeness (QED) is 0.402. The Bertz CT molecular complexity index is 424. The molecule has 0 spiro atoms. The molecule has 0 aliphatic heterocycles. The normalized spacial score (nSPS) is 13.0. The monoisotopic (exact) mass is 492 g/mol. The van der Waals surface area contributed by atoms with Crippen LogP contribution in [-0.4, -0.2) is 48.5 Å². The van der Waals surface area contributed by atoms with Gasteiger partial charge in [0.05, 0.1) is 0 Å². The zero-order valence-corrected chi connectivity index (χ0v) is 12.4. The molecule has 25 heavy (non-hydrogen) atoms. The van der Waals surface area contributed by atoms with Crippen LogP contribution in [0.1, 0.15) is 0 Å². The Morgan fingerprint density at radius 3 is 0.800 bits per heavy atom. The predicted octanol–water partition coefficient (Wildman–Crippen LogP) is 0.541. The third-order valence-electron chi connectivity index (χ3n) is 1.90. The van der Waals surface area contributed by atoms with Gasteiger partial charge in [0, 0.05) is 0 Å². The van der Waals surface area contributed by atoms with Crippen molar-refractivity contribution in [1.29, 1.82) is 0 Å². The molecule has 0 bridgehead atoms. The van der Waals surface area contributed by atoms with Crippen LogP contribution in [0.2, 0.25) is 0 Å². The summed E-state index contributed by atoms with van der Waals surface area (Å²) in [4.78, 5) is 18.6. The fourth-order valence-corrected chi connectivity index (χ4v) is 0.546. The number of carbonyl (C=O) groups is 2. The standard InChI is InChI=1S/2C4H2F6O2.Ru/c2*5-1(6)3(7,8)4(9,10)2(11)12;/h2*1H,(H,11,12);/q;;+2/p-2. The van der Waals surface area contributed by atoms with Crippen LogP contribution < -0.4 is 10.2 Å². The third kappa shape index (κ3) is 5.88. The maximum absolute atomic E-state index is 11.7. The van der Waals surface area contributed by atoms with Crippen LogP contribution in [0.3, 0.4) is 0 Å². The van der Waals surface area contributed by atoms with E-state index < -0.39 is 48.5 Å². The molecule has 0 rings (SSSR count). The summed E-state index contributed by atoms with van der Waals surface area (Å²) in [7, 11) is 0. The number of hydrogen-bond acceptors (Lipinski definition) is 4. The maximum Gasteiger partial charge on any atom is 2.00 e. The van der Waals surface area contributed by atoms with Gasteiger partial charge in [0.2, 0.25) is 0 Å². The first-order valence-electron chi connectivity index (χ1n) is 4.78. The van der Waals surface area contributed by atoms with Crippen LogP contribution in [0.15, 0.2) is 0 Å². The second kappa shape index (κ2) is 8.89. The summed E-state index contributed by atoms with van der Waals surface area (Å²) >= 11 is 0. The van der Waals surface area contributed by atoms with E-state index >= 15 is 0 Å². The SMILES string of the molecule is O=C([O-])C(F)(F)C(F)(F)C(F)F.O=C([O-])C(F)(F)C(F)(F)C(F)F.[Ru+2]. The van der Waals surface area contributed by atoms with E-state index in [0.717, 1.165) is 0 Å². The van der Waals surface area contributed by atoms with Gasteiger partial charge in [-0.3, -0.25) is 0 Å². The minimum absolute atomic E-state index is 0. The van der Waals surface area contributed by atoms with Gasteiger partial charge in [-0.2, -0.15) is 35.1 Å². The Morgan fingerprint density at radius 1 is 0.600 bits per heavy atom. The number of carbonyl (C=O) groups excluding carboxylic acids is 2. The number of carboxylic acids is 2. The van der Waals surface area contributed by atoms with Crippen molar-refractivity contribution in [2.75, 3.05) is 0 Å². The minimum atomic E-state index is -5.91. The van der Waals surface area contributed by atoms with Gasteiger partial charge in [-0.25, -0.2) is 17.6 Å². The Hall–Kier alpha value is -1.28. The van der Waals surface area contributed by atoms with Crippen molar-refractivity contribution in [3.05, 3.63) is 0 Å². The van der Waals surface area contributed by atoms with E-state index in [9.17, 15) is 72.5 Å². The molecular weight excluding hydrogens is 489 g/mol. The number of rotatable bonds is 6. The van der Waals surface area contributed by atoms with Crippen molar-refractivity contribution >= 4 is 11.9 Å². The minimum Gasteiger partial charge on any atom is -0.544 e. The van der Waals surface area contributed by atoms with Gasteiger partial charge in [-0.15, -0.1) is 0 Å². The first-order chi connectivity index (χ1) is 10.3. The summed E-state index contributed by atoms with van der Waals surface area (Å²) in [6.07, 6.45) is -9.52. The summed E-state index contributed by atoms with van der Waals surface area (Å²) in [5.41, 5.74) is 0. The summed E-state index contributed by atoms with van der Waals surface area (Å²) in [6, 6.07) is 0. The van der Waals surface area contributed by atoms with Crippen molar-refractivity contribution in [3.8, 4) is 0 Å². The van der Waals surface area contributed by atoms with E-state index in [-0.39, 0.29) is 19.5 Å². The average molecular weight is 491 g/mol. The molecule has 0 aliphatic carbocycles. The van der Waals surface area contributed by atoms with E-state index in [2.05, 4.69) is 0 Å². The number of alkyl halides is 12. The van der Waals surface area contributed by atoms with Crippen LogP contribution in [0.5, 0.6) is 0 Å². The first kappa shape index (κ1) is 28.5. The average Bonchev–Trinajstić information content (AvgIpc) is 2.37. The summed E-state index contributed by atoms with van der Waals surface area (Å²) in [5.74, 6) is -30.6. The maximum atomic E-state index is 11.7. The van der Waals surface area contributed by atoms with Crippen molar-refractivity contribution in [2.45, 2.75) is 36.5 Å². The molecule has 0 aliphatic rings. The topological polar surface area (TPSA) is 80.3 Å². The van der Waals surface area contributed by atoms with Crippen LogP contribution >= 0.6 is 0 Å². The molecule has 0 aromatic rings. The van der Waals surface area contributed by atoms with Crippen LogP contribution in [0, 0.1) is 0 Å². The van der Waals surface area contributed by atoms with E-state index in [0.29, 0.717) is 0 Å². The van der Waals surface area contributed by atoms with E-state index in [4.69, 9.17) is 0 Å². The Balaban J connectivity index is -0.000000372. The van der Waals surface area contributed by atoms with Crippen molar-refractivity contribution in [3.63, 3.8) is 0 Å². The second-order valence-corrected chi connectivity index (χ2v) is 3.57. The molecule has 0 saturated heterocycles. The predicted molar refractivity (Wildman–Crippen MR) is 41.8 cm³/mol. The van der Waals surface area contributed by atoms with E-state index in [1.165, 1.54) is 0 Å². The molecule has 0 saturated carbocycles. The number of carboxylic acid groups (broad SMARTS) is 2. The molecule has 0 atom stereocenters. The molecule has 0 aromatic heterocycles. The van der Waals surface area contributed by atoms with Crippen molar-refractivity contribution in [2.24, 2.45) is 0 Å². The molecule has 0 unspecified atom stereocenters. The second-order valence-electron chi connectivity index (χ2n) is 3.57. The summed E-state index contributed by atoms with van der Waals surface area (Å²) in [6.45, 7) is 0. The molecular formula is C8H2F12O4Ru. The van der Waals surface area contributed by atoms with Crippen LogP contribution in [-0.2, 0) is 29.1 Å². The molecule has 150 valence electrons. The van der Waals surface area contributed by atoms with Gasteiger partial charge in [0.15, 0.2) is 0 Å². The number of hydrogen-bond donors (Lipinski definition) is 0. The molecule has 4 nitrogen and oxygen atoms in total. The fraction of sp³-hybridized carbons (Fsp3) is 0.750. The van der Waals surface area contributed by atoms with Gasteiger partial charge in [0.25, 0.3) is 0 Å².